The molecule has 86 valence electrons. The summed E-state index contributed by atoms with van der Waals surface area (Å²) >= 11 is 0. The lowest BCUT2D eigenvalue weighted by Gasteiger charge is -2.29. The van der Waals surface area contributed by atoms with Gasteiger partial charge in [-0.05, 0) is 19.8 Å². The van der Waals surface area contributed by atoms with Crippen molar-refractivity contribution >= 4 is 10.0 Å². The standard InChI is InChI=1S/C9H21NO3S/c1-5-9(11,6-2)8-10(4)14(12,13)7-3/h11H,5-8H2,1-4H3. The molecule has 0 unspecified atom stereocenters. The van der Waals surface area contributed by atoms with Crippen LogP contribution in [0.25, 0.3) is 0 Å². The third-order valence-electron chi connectivity index (χ3n) is 2.67. The van der Waals surface area contributed by atoms with Crippen molar-refractivity contribution in [1.29, 1.82) is 0 Å². The molecule has 0 rings (SSSR count). The van der Waals surface area contributed by atoms with Gasteiger partial charge in [0.15, 0.2) is 0 Å². The van der Waals surface area contributed by atoms with E-state index in [1.54, 1.807) is 6.92 Å². The summed E-state index contributed by atoms with van der Waals surface area (Å²) in [5, 5.41) is 9.95. The Bertz CT molecular complexity index is 257. The van der Waals surface area contributed by atoms with Crippen molar-refractivity contribution < 1.29 is 13.5 Å². The lowest BCUT2D eigenvalue weighted by atomic mass is 9.98. The van der Waals surface area contributed by atoms with Crippen LogP contribution in [0.3, 0.4) is 0 Å². The molecule has 0 aromatic rings. The molecule has 0 radical (unpaired) electrons. The van der Waals surface area contributed by atoms with Crippen molar-refractivity contribution in [2.24, 2.45) is 0 Å². The second-order valence-electron chi connectivity index (χ2n) is 3.59. The van der Waals surface area contributed by atoms with Crippen LogP contribution in [0.15, 0.2) is 0 Å². The molecule has 0 heterocycles. The van der Waals surface area contributed by atoms with Crippen molar-refractivity contribution in [2.45, 2.75) is 39.2 Å². The molecule has 4 nitrogen and oxygen atoms in total. The Hall–Kier alpha value is -0.130. The minimum Gasteiger partial charge on any atom is -0.389 e. The summed E-state index contributed by atoms with van der Waals surface area (Å²) in [5.74, 6) is 0.0764. The normalized spacial score (nSPS) is 13.6. The molecule has 0 aliphatic carbocycles. The van der Waals surface area contributed by atoms with Crippen molar-refractivity contribution in [3.63, 3.8) is 0 Å². The Kier molecular flexibility index (Phi) is 5.05. The smallest absolute Gasteiger partial charge is 0.213 e. The highest BCUT2D eigenvalue weighted by atomic mass is 32.2. The Balaban J connectivity index is 4.53. The molecule has 1 N–H and O–H groups in total. The Morgan fingerprint density at radius 2 is 1.64 bits per heavy atom. The van der Waals surface area contributed by atoms with E-state index in [-0.39, 0.29) is 12.3 Å². The first-order chi connectivity index (χ1) is 6.31. The molecule has 0 bridgehead atoms. The number of sulfonamides is 1. The molecular weight excluding hydrogens is 202 g/mol. The monoisotopic (exact) mass is 223 g/mol. The predicted molar refractivity (Wildman–Crippen MR) is 57.6 cm³/mol. The predicted octanol–water partition coefficient (Wildman–Crippen LogP) is 0.819. The summed E-state index contributed by atoms with van der Waals surface area (Å²) in [6.45, 7) is 5.49. The number of hydrogen-bond donors (Lipinski definition) is 1. The van der Waals surface area contributed by atoms with Crippen LogP contribution >= 0.6 is 0 Å². The first-order valence-corrected chi connectivity index (χ1v) is 6.58. The molecule has 0 amide bonds. The molecule has 0 aliphatic heterocycles. The quantitative estimate of drug-likeness (QED) is 0.725. The van der Waals surface area contributed by atoms with E-state index in [9.17, 15) is 13.5 Å². The Labute approximate surface area is 87.0 Å². The van der Waals surface area contributed by atoms with Crippen LogP contribution in [0.2, 0.25) is 0 Å². The highest BCUT2D eigenvalue weighted by Crippen LogP contribution is 2.17. The minimum atomic E-state index is -3.18. The highest BCUT2D eigenvalue weighted by Gasteiger charge is 2.28. The van der Waals surface area contributed by atoms with E-state index >= 15 is 0 Å². The molecule has 0 aliphatic rings. The fourth-order valence-electron chi connectivity index (χ4n) is 1.21. The van der Waals surface area contributed by atoms with Gasteiger partial charge < -0.3 is 5.11 Å². The van der Waals surface area contributed by atoms with Crippen molar-refractivity contribution in [1.82, 2.24) is 4.31 Å². The Morgan fingerprint density at radius 3 is 1.93 bits per heavy atom. The van der Waals surface area contributed by atoms with E-state index in [1.807, 2.05) is 13.8 Å². The average Bonchev–Trinajstić information content (AvgIpc) is 2.17. The van der Waals surface area contributed by atoms with Gasteiger partial charge in [0.25, 0.3) is 0 Å². The van der Waals surface area contributed by atoms with Gasteiger partial charge in [0.1, 0.15) is 0 Å². The molecule has 0 atom stereocenters. The third kappa shape index (κ3) is 3.55. The second kappa shape index (κ2) is 5.09. The van der Waals surface area contributed by atoms with E-state index in [4.69, 9.17) is 0 Å². The summed E-state index contributed by atoms with van der Waals surface area (Å²) in [7, 11) is -1.67. The molecule has 0 aromatic carbocycles. The first-order valence-electron chi connectivity index (χ1n) is 4.97. The molecule has 0 spiro atoms. The van der Waals surface area contributed by atoms with Gasteiger partial charge in [0, 0.05) is 13.6 Å². The summed E-state index contributed by atoms with van der Waals surface area (Å²) in [5.41, 5.74) is -0.892. The summed E-state index contributed by atoms with van der Waals surface area (Å²) < 4.78 is 24.1. The number of likely N-dealkylation sites (N-methyl/N-ethyl adjacent to an activating group) is 1. The zero-order valence-corrected chi connectivity index (χ0v) is 10.3. The molecule has 0 saturated carbocycles. The molecule has 0 fully saturated rings. The maximum Gasteiger partial charge on any atom is 0.213 e. The molecule has 0 saturated heterocycles. The van der Waals surface area contributed by atoms with Gasteiger partial charge in [-0.25, -0.2) is 12.7 Å². The van der Waals surface area contributed by atoms with Gasteiger partial charge in [-0.1, -0.05) is 13.8 Å². The first kappa shape index (κ1) is 13.9. The average molecular weight is 223 g/mol. The van der Waals surface area contributed by atoms with Crippen LogP contribution in [0, 0.1) is 0 Å². The van der Waals surface area contributed by atoms with Crippen LogP contribution in [0.1, 0.15) is 33.6 Å². The summed E-state index contributed by atoms with van der Waals surface area (Å²) in [4.78, 5) is 0. The SMILES string of the molecule is CCC(O)(CC)CN(C)S(=O)(=O)CC. The van der Waals surface area contributed by atoms with E-state index in [2.05, 4.69) is 0 Å². The van der Waals surface area contributed by atoms with Gasteiger partial charge in [-0.2, -0.15) is 0 Å². The van der Waals surface area contributed by atoms with E-state index in [0.717, 1.165) is 0 Å². The fraction of sp³-hybridized carbons (Fsp3) is 1.00. The van der Waals surface area contributed by atoms with Gasteiger partial charge in [-0.15, -0.1) is 0 Å². The van der Waals surface area contributed by atoms with Crippen LogP contribution in [0.5, 0.6) is 0 Å². The van der Waals surface area contributed by atoms with Gasteiger partial charge >= 0.3 is 0 Å². The van der Waals surface area contributed by atoms with Crippen LogP contribution < -0.4 is 0 Å². The van der Waals surface area contributed by atoms with Crippen molar-refractivity contribution in [2.75, 3.05) is 19.3 Å². The summed E-state index contributed by atoms with van der Waals surface area (Å²) in [6, 6.07) is 0. The zero-order valence-electron chi connectivity index (χ0n) is 9.45. The Morgan fingerprint density at radius 1 is 1.21 bits per heavy atom. The lowest BCUT2D eigenvalue weighted by molar-refractivity contribution is 0.0189. The maximum atomic E-state index is 11.4. The van der Waals surface area contributed by atoms with Crippen LogP contribution in [-0.4, -0.2) is 42.8 Å². The summed E-state index contributed by atoms with van der Waals surface area (Å²) in [6.07, 6.45) is 1.13. The molecular formula is C9H21NO3S. The fourth-order valence-corrected chi connectivity index (χ4v) is 2.08. The van der Waals surface area contributed by atoms with Crippen LogP contribution in [0.4, 0.5) is 0 Å². The molecule has 5 heteroatoms. The van der Waals surface area contributed by atoms with Gasteiger partial charge in [0.05, 0.1) is 11.4 Å². The number of nitrogens with zero attached hydrogens (tertiary/aromatic N) is 1. The van der Waals surface area contributed by atoms with Gasteiger partial charge in [-0.3, -0.25) is 0 Å². The van der Waals surface area contributed by atoms with Crippen molar-refractivity contribution in [3.8, 4) is 0 Å². The largest absolute Gasteiger partial charge is 0.389 e. The number of aliphatic hydroxyl groups is 1. The minimum absolute atomic E-state index is 0.0764. The lowest BCUT2D eigenvalue weighted by Crippen LogP contribution is -2.43. The van der Waals surface area contributed by atoms with E-state index in [0.29, 0.717) is 12.8 Å². The van der Waals surface area contributed by atoms with Gasteiger partial charge in [0.2, 0.25) is 10.0 Å². The van der Waals surface area contributed by atoms with Crippen molar-refractivity contribution in [3.05, 3.63) is 0 Å². The van der Waals surface area contributed by atoms with Crippen LogP contribution in [-0.2, 0) is 10.0 Å². The van der Waals surface area contributed by atoms with E-state index < -0.39 is 15.6 Å². The molecule has 0 aromatic heterocycles. The number of rotatable bonds is 6. The van der Waals surface area contributed by atoms with E-state index in [1.165, 1.54) is 11.4 Å². The highest BCUT2D eigenvalue weighted by molar-refractivity contribution is 7.89. The topological polar surface area (TPSA) is 57.6 Å². The zero-order chi connectivity index (χ0) is 11.4. The maximum absolute atomic E-state index is 11.4. The number of hydrogen-bond acceptors (Lipinski definition) is 3. The second-order valence-corrected chi connectivity index (χ2v) is 5.95. The molecule has 14 heavy (non-hydrogen) atoms. The third-order valence-corrected chi connectivity index (χ3v) is 4.48.